The van der Waals surface area contributed by atoms with Crippen LogP contribution in [0, 0.1) is 15.9 Å². The zero-order valence-electron chi connectivity index (χ0n) is 14.9. The lowest BCUT2D eigenvalue weighted by Gasteiger charge is -2.35. The van der Waals surface area contributed by atoms with Crippen LogP contribution in [0.3, 0.4) is 0 Å². The van der Waals surface area contributed by atoms with Gasteiger partial charge in [-0.1, -0.05) is 12.1 Å². The van der Waals surface area contributed by atoms with Gasteiger partial charge in [0.2, 0.25) is 0 Å². The summed E-state index contributed by atoms with van der Waals surface area (Å²) in [5, 5.41) is 16.8. The third-order valence-corrected chi connectivity index (χ3v) is 4.66. The number of benzene rings is 2. The van der Waals surface area contributed by atoms with Gasteiger partial charge in [-0.15, -0.1) is 0 Å². The van der Waals surface area contributed by atoms with Gasteiger partial charge in [0.1, 0.15) is 5.82 Å². The molecule has 2 aromatic carbocycles. The SMILES string of the molecule is CNC(=O)c1cc([N+](=O)[O-])ccc1NC1CCCN(c2ccccc2F)C1. The van der Waals surface area contributed by atoms with Crippen molar-refractivity contribution in [2.45, 2.75) is 18.9 Å². The average Bonchev–Trinajstić information content (AvgIpc) is 2.68. The fourth-order valence-corrected chi connectivity index (χ4v) is 3.34. The Bertz CT molecular complexity index is 859. The molecule has 1 heterocycles. The minimum atomic E-state index is -0.531. The summed E-state index contributed by atoms with van der Waals surface area (Å²) in [6, 6.07) is 10.8. The molecule has 1 saturated heterocycles. The van der Waals surface area contributed by atoms with E-state index in [4.69, 9.17) is 0 Å². The molecule has 27 heavy (non-hydrogen) atoms. The van der Waals surface area contributed by atoms with E-state index >= 15 is 0 Å². The number of para-hydroxylation sites is 1. The number of rotatable bonds is 5. The van der Waals surface area contributed by atoms with E-state index in [1.807, 2.05) is 4.90 Å². The molecule has 1 atom stereocenters. The predicted molar refractivity (Wildman–Crippen MR) is 102 cm³/mol. The first kappa shape index (κ1) is 18.6. The van der Waals surface area contributed by atoms with Gasteiger partial charge in [-0.2, -0.15) is 0 Å². The van der Waals surface area contributed by atoms with E-state index in [9.17, 15) is 19.3 Å². The van der Waals surface area contributed by atoms with Gasteiger partial charge in [-0.05, 0) is 31.0 Å². The van der Waals surface area contributed by atoms with Crippen molar-refractivity contribution in [1.29, 1.82) is 0 Å². The van der Waals surface area contributed by atoms with Crippen LogP contribution in [0.25, 0.3) is 0 Å². The van der Waals surface area contributed by atoms with Crippen LogP contribution < -0.4 is 15.5 Å². The number of carbonyl (C=O) groups is 1. The number of nitro groups is 1. The van der Waals surface area contributed by atoms with Gasteiger partial charge in [0.25, 0.3) is 11.6 Å². The Morgan fingerprint density at radius 3 is 2.78 bits per heavy atom. The first-order chi connectivity index (χ1) is 13.0. The van der Waals surface area contributed by atoms with Crippen LogP contribution in [-0.4, -0.2) is 37.0 Å². The molecule has 1 aliphatic rings. The summed E-state index contributed by atoms with van der Waals surface area (Å²) in [5.74, 6) is -0.664. The molecule has 8 heteroatoms. The van der Waals surface area contributed by atoms with Crippen LogP contribution in [0.5, 0.6) is 0 Å². The van der Waals surface area contributed by atoms with Crippen molar-refractivity contribution in [3.8, 4) is 0 Å². The quantitative estimate of drug-likeness (QED) is 0.622. The summed E-state index contributed by atoms with van der Waals surface area (Å²) in [6.45, 7) is 1.33. The molecule has 2 N–H and O–H groups in total. The Morgan fingerprint density at radius 1 is 1.30 bits per heavy atom. The highest BCUT2D eigenvalue weighted by Crippen LogP contribution is 2.27. The van der Waals surface area contributed by atoms with E-state index in [2.05, 4.69) is 10.6 Å². The third kappa shape index (κ3) is 4.16. The normalized spacial score (nSPS) is 16.7. The first-order valence-corrected chi connectivity index (χ1v) is 8.76. The Labute approximate surface area is 156 Å². The number of halogens is 1. The maximum absolute atomic E-state index is 14.1. The number of amides is 1. The Morgan fingerprint density at radius 2 is 2.07 bits per heavy atom. The van der Waals surface area contributed by atoms with Gasteiger partial charge in [0, 0.05) is 44.0 Å². The average molecular weight is 372 g/mol. The second-order valence-corrected chi connectivity index (χ2v) is 6.45. The van der Waals surface area contributed by atoms with Crippen molar-refractivity contribution in [2.24, 2.45) is 0 Å². The molecule has 1 fully saturated rings. The molecule has 0 saturated carbocycles. The van der Waals surface area contributed by atoms with Gasteiger partial charge in [-0.25, -0.2) is 4.39 Å². The molecule has 0 aromatic heterocycles. The summed E-state index contributed by atoms with van der Waals surface area (Å²) in [5.41, 5.74) is 1.16. The Balaban J connectivity index is 1.81. The monoisotopic (exact) mass is 372 g/mol. The number of hydrogen-bond acceptors (Lipinski definition) is 5. The van der Waals surface area contributed by atoms with E-state index in [1.165, 1.54) is 25.2 Å². The van der Waals surface area contributed by atoms with Crippen molar-refractivity contribution in [2.75, 3.05) is 30.4 Å². The fraction of sp³-hybridized carbons (Fsp3) is 0.316. The Hall–Kier alpha value is -3.16. The highest BCUT2D eigenvalue weighted by Gasteiger charge is 2.24. The number of anilines is 2. The molecule has 0 bridgehead atoms. The first-order valence-electron chi connectivity index (χ1n) is 8.76. The van der Waals surface area contributed by atoms with Crippen LogP contribution in [0.2, 0.25) is 0 Å². The molecule has 142 valence electrons. The van der Waals surface area contributed by atoms with E-state index in [0.29, 0.717) is 17.9 Å². The number of nitrogens with one attached hydrogen (secondary N) is 2. The van der Waals surface area contributed by atoms with Gasteiger partial charge in [-0.3, -0.25) is 14.9 Å². The van der Waals surface area contributed by atoms with Crippen LogP contribution in [0.1, 0.15) is 23.2 Å². The highest BCUT2D eigenvalue weighted by molar-refractivity contribution is 6.00. The zero-order chi connectivity index (χ0) is 19.4. The minimum absolute atomic E-state index is 0.0109. The van der Waals surface area contributed by atoms with E-state index in [-0.39, 0.29) is 23.1 Å². The molecule has 0 aliphatic carbocycles. The lowest BCUT2D eigenvalue weighted by Crippen LogP contribution is -2.42. The largest absolute Gasteiger partial charge is 0.380 e. The second kappa shape index (κ2) is 8.03. The van der Waals surface area contributed by atoms with Crippen molar-refractivity contribution in [3.63, 3.8) is 0 Å². The van der Waals surface area contributed by atoms with Gasteiger partial charge < -0.3 is 15.5 Å². The second-order valence-electron chi connectivity index (χ2n) is 6.45. The molecule has 7 nitrogen and oxygen atoms in total. The number of non-ortho nitro benzene ring substituents is 1. The van der Waals surface area contributed by atoms with E-state index in [0.717, 1.165) is 19.4 Å². The van der Waals surface area contributed by atoms with Crippen LogP contribution in [0.4, 0.5) is 21.5 Å². The molecule has 3 rings (SSSR count). The van der Waals surface area contributed by atoms with Gasteiger partial charge in [0.15, 0.2) is 0 Å². The number of hydrogen-bond donors (Lipinski definition) is 2. The molecular formula is C19H21FN4O3. The van der Waals surface area contributed by atoms with Crippen LogP contribution >= 0.6 is 0 Å². The summed E-state index contributed by atoms with van der Waals surface area (Å²) < 4.78 is 14.1. The van der Waals surface area contributed by atoms with Crippen molar-refractivity contribution in [1.82, 2.24) is 5.32 Å². The van der Waals surface area contributed by atoms with E-state index < -0.39 is 10.8 Å². The zero-order valence-corrected chi connectivity index (χ0v) is 14.9. The van der Waals surface area contributed by atoms with Crippen molar-refractivity contribution in [3.05, 3.63) is 64.0 Å². The van der Waals surface area contributed by atoms with Crippen molar-refractivity contribution >= 4 is 23.0 Å². The molecule has 1 unspecified atom stereocenters. The van der Waals surface area contributed by atoms with Crippen LogP contribution in [-0.2, 0) is 0 Å². The van der Waals surface area contributed by atoms with Crippen LogP contribution in [0.15, 0.2) is 42.5 Å². The van der Waals surface area contributed by atoms with Gasteiger partial charge in [0.05, 0.1) is 16.2 Å². The molecule has 0 spiro atoms. The molecule has 2 aromatic rings. The lowest BCUT2D eigenvalue weighted by molar-refractivity contribution is -0.384. The molecular weight excluding hydrogens is 351 g/mol. The summed E-state index contributed by atoms with van der Waals surface area (Å²) in [4.78, 5) is 24.6. The third-order valence-electron chi connectivity index (χ3n) is 4.66. The molecule has 1 aliphatic heterocycles. The Kier molecular flexibility index (Phi) is 5.54. The summed E-state index contributed by atoms with van der Waals surface area (Å²) >= 11 is 0. The lowest BCUT2D eigenvalue weighted by atomic mass is 10.0. The fourth-order valence-electron chi connectivity index (χ4n) is 3.34. The number of piperidine rings is 1. The van der Waals surface area contributed by atoms with Crippen molar-refractivity contribution < 1.29 is 14.1 Å². The number of carbonyl (C=O) groups excluding carboxylic acids is 1. The number of nitrogens with zero attached hydrogens (tertiary/aromatic N) is 2. The maximum atomic E-state index is 14.1. The smallest absolute Gasteiger partial charge is 0.270 e. The number of nitro benzene ring substituents is 1. The minimum Gasteiger partial charge on any atom is -0.380 e. The molecule has 1 amide bonds. The summed E-state index contributed by atoms with van der Waals surface area (Å²) in [7, 11) is 1.48. The van der Waals surface area contributed by atoms with Gasteiger partial charge >= 0.3 is 0 Å². The maximum Gasteiger partial charge on any atom is 0.270 e. The topological polar surface area (TPSA) is 87.5 Å². The van der Waals surface area contributed by atoms with E-state index in [1.54, 1.807) is 24.3 Å². The standard InChI is InChI=1S/C19H21FN4O3/c1-21-19(25)15-11-14(24(26)27)8-9-17(15)22-13-5-4-10-23(12-13)18-7-3-2-6-16(18)20/h2-3,6-9,11,13,22H,4-5,10,12H2,1H3,(H,21,25). The predicted octanol–water partition coefficient (Wildman–Crippen LogP) is 3.17. The highest BCUT2D eigenvalue weighted by atomic mass is 19.1. The molecule has 0 radical (unpaired) electrons. The summed E-state index contributed by atoms with van der Waals surface area (Å²) in [6.07, 6.45) is 1.73.